The Balaban J connectivity index is 1.28. The summed E-state index contributed by atoms with van der Waals surface area (Å²) in [5.74, 6) is 1.66. The third-order valence-electron chi connectivity index (χ3n) is 7.49. The SMILES string of the molecule is Cc1cc(Nc2ncc(C)c(N3C=C(C(=O)NC(CO)c4cccc(Cl)c4)CC3)n2)ccc1C1CCNCC1. The maximum atomic E-state index is 13.0. The van der Waals surface area contributed by atoms with Crippen LogP contribution in [0.15, 0.2) is 60.4 Å². The Morgan fingerprint density at radius 1 is 1.18 bits per heavy atom. The summed E-state index contributed by atoms with van der Waals surface area (Å²) >= 11 is 6.09. The second-order valence-corrected chi connectivity index (χ2v) is 10.7. The maximum absolute atomic E-state index is 13.0. The summed E-state index contributed by atoms with van der Waals surface area (Å²) in [6.45, 7) is 6.68. The number of anilines is 3. The first-order chi connectivity index (χ1) is 18.9. The van der Waals surface area contributed by atoms with E-state index in [0.717, 1.165) is 35.7 Å². The molecule has 1 amide bonds. The first-order valence-corrected chi connectivity index (χ1v) is 13.9. The number of hydrogen-bond donors (Lipinski definition) is 4. The van der Waals surface area contributed by atoms with Gasteiger partial charge in [-0.25, -0.2) is 4.98 Å². The Labute approximate surface area is 234 Å². The van der Waals surface area contributed by atoms with E-state index in [1.165, 1.54) is 24.0 Å². The molecule has 0 aliphatic carbocycles. The van der Waals surface area contributed by atoms with Gasteiger partial charge in [-0.05, 0) is 93.1 Å². The molecule has 3 aromatic rings. The number of carbonyl (C=O) groups is 1. The number of halogens is 1. The number of hydrogen-bond acceptors (Lipinski definition) is 7. The molecule has 1 saturated heterocycles. The highest BCUT2D eigenvalue weighted by Gasteiger charge is 2.24. The van der Waals surface area contributed by atoms with E-state index in [1.807, 2.05) is 24.1 Å². The maximum Gasteiger partial charge on any atom is 0.249 e. The summed E-state index contributed by atoms with van der Waals surface area (Å²) in [7, 11) is 0. The molecule has 0 radical (unpaired) electrons. The Morgan fingerprint density at radius 3 is 2.74 bits per heavy atom. The molecule has 8 nitrogen and oxygen atoms in total. The number of rotatable bonds is 8. The van der Waals surface area contributed by atoms with Gasteiger partial charge in [0.1, 0.15) is 5.82 Å². The topological polar surface area (TPSA) is 102 Å². The van der Waals surface area contributed by atoms with Crippen LogP contribution in [0, 0.1) is 13.8 Å². The van der Waals surface area contributed by atoms with Crippen molar-refractivity contribution in [1.82, 2.24) is 20.6 Å². The van der Waals surface area contributed by atoms with Crippen molar-refractivity contribution in [3.8, 4) is 0 Å². The zero-order chi connectivity index (χ0) is 27.4. The van der Waals surface area contributed by atoms with Crippen molar-refractivity contribution in [2.24, 2.45) is 0 Å². The molecule has 9 heteroatoms. The number of aryl methyl sites for hydroxylation is 2. The highest BCUT2D eigenvalue weighted by molar-refractivity contribution is 6.30. The molecule has 1 fully saturated rings. The highest BCUT2D eigenvalue weighted by Crippen LogP contribution is 2.31. The number of nitrogens with one attached hydrogen (secondary N) is 3. The fourth-order valence-corrected chi connectivity index (χ4v) is 5.56. The summed E-state index contributed by atoms with van der Waals surface area (Å²) < 4.78 is 0. The van der Waals surface area contributed by atoms with Gasteiger partial charge >= 0.3 is 0 Å². The van der Waals surface area contributed by atoms with Gasteiger partial charge in [0.05, 0.1) is 12.6 Å². The van der Waals surface area contributed by atoms with Gasteiger partial charge in [-0.3, -0.25) is 4.79 Å². The Bertz CT molecular complexity index is 1370. The molecule has 3 heterocycles. The molecule has 4 N–H and O–H groups in total. The van der Waals surface area contributed by atoms with E-state index < -0.39 is 6.04 Å². The van der Waals surface area contributed by atoms with Crippen LogP contribution in [-0.4, -0.2) is 47.2 Å². The standard InChI is InChI=1S/C30H35ClN6O2/c1-19-14-25(6-7-26(19)21-8-11-32-12-9-21)34-30-33-16-20(2)28(36-30)37-13-10-23(17-37)29(39)35-27(18-38)22-4-3-5-24(31)15-22/h3-7,14-17,21,27,32,38H,8-13,18H2,1-2H3,(H,35,39)(H,33,34,36). The fraction of sp³-hybridized carbons (Fsp3) is 0.367. The van der Waals surface area contributed by atoms with Gasteiger partial charge in [0, 0.05) is 40.8 Å². The van der Waals surface area contributed by atoms with E-state index in [9.17, 15) is 9.90 Å². The molecule has 0 bridgehead atoms. The Morgan fingerprint density at radius 2 is 2.00 bits per heavy atom. The van der Waals surface area contributed by atoms with Gasteiger partial charge in [0.15, 0.2) is 0 Å². The molecule has 5 rings (SSSR count). The number of amides is 1. The minimum atomic E-state index is -0.535. The molecule has 1 atom stereocenters. The fourth-order valence-electron chi connectivity index (χ4n) is 5.36. The average Bonchev–Trinajstić information content (AvgIpc) is 3.44. The number of aliphatic hydroxyl groups is 1. The lowest BCUT2D eigenvalue weighted by atomic mass is 9.87. The molecule has 0 saturated carbocycles. The van der Waals surface area contributed by atoms with Crippen molar-refractivity contribution in [1.29, 1.82) is 0 Å². The first kappa shape index (κ1) is 27.1. The van der Waals surface area contributed by atoms with E-state index >= 15 is 0 Å². The predicted molar refractivity (Wildman–Crippen MR) is 156 cm³/mol. The second kappa shape index (κ2) is 12.2. The average molecular weight is 547 g/mol. The molecule has 2 aliphatic rings. The molecule has 2 aromatic carbocycles. The van der Waals surface area contributed by atoms with Crippen molar-refractivity contribution < 1.29 is 9.90 Å². The van der Waals surface area contributed by atoms with Crippen LogP contribution in [0.5, 0.6) is 0 Å². The van der Waals surface area contributed by atoms with E-state index in [0.29, 0.717) is 35.4 Å². The number of nitrogens with zero attached hydrogens (tertiary/aromatic N) is 3. The number of piperidine rings is 1. The predicted octanol–water partition coefficient (Wildman–Crippen LogP) is 4.90. The lowest BCUT2D eigenvalue weighted by Gasteiger charge is -2.24. The van der Waals surface area contributed by atoms with E-state index in [-0.39, 0.29) is 12.5 Å². The van der Waals surface area contributed by atoms with Crippen LogP contribution >= 0.6 is 11.6 Å². The van der Waals surface area contributed by atoms with Crippen LogP contribution in [0.2, 0.25) is 5.02 Å². The normalized spacial score (nSPS) is 16.6. The molecule has 1 aromatic heterocycles. The number of carbonyl (C=O) groups excluding carboxylic acids is 1. The van der Waals surface area contributed by atoms with E-state index in [4.69, 9.17) is 16.6 Å². The van der Waals surface area contributed by atoms with Crippen molar-refractivity contribution >= 4 is 35.0 Å². The third-order valence-corrected chi connectivity index (χ3v) is 7.72. The minimum absolute atomic E-state index is 0.217. The van der Waals surface area contributed by atoms with Gasteiger partial charge in [-0.15, -0.1) is 0 Å². The molecule has 0 spiro atoms. The van der Waals surface area contributed by atoms with Gasteiger partial charge in [-0.1, -0.05) is 29.8 Å². The number of benzene rings is 2. The smallest absolute Gasteiger partial charge is 0.249 e. The van der Waals surface area contributed by atoms with Gasteiger partial charge in [0.25, 0.3) is 0 Å². The Kier molecular flexibility index (Phi) is 8.45. The zero-order valence-corrected chi connectivity index (χ0v) is 23.1. The third kappa shape index (κ3) is 6.41. The van der Waals surface area contributed by atoms with Crippen LogP contribution in [0.1, 0.15) is 53.5 Å². The van der Waals surface area contributed by atoms with Crippen LogP contribution in [-0.2, 0) is 4.79 Å². The van der Waals surface area contributed by atoms with Crippen LogP contribution in [0.4, 0.5) is 17.5 Å². The van der Waals surface area contributed by atoms with Crippen LogP contribution in [0.3, 0.4) is 0 Å². The molecule has 1 unspecified atom stereocenters. The van der Waals surface area contributed by atoms with E-state index in [2.05, 4.69) is 46.1 Å². The van der Waals surface area contributed by atoms with Gasteiger partial charge in [-0.2, -0.15) is 4.98 Å². The van der Waals surface area contributed by atoms with Crippen LogP contribution in [0.25, 0.3) is 0 Å². The molecular formula is C30H35ClN6O2. The number of aromatic nitrogens is 2. The van der Waals surface area contributed by atoms with Gasteiger partial charge < -0.3 is 26.0 Å². The quantitative estimate of drug-likeness (QED) is 0.318. The van der Waals surface area contributed by atoms with E-state index in [1.54, 1.807) is 24.4 Å². The first-order valence-electron chi connectivity index (χ1n) is 13.5. The summed E-state index contributed by atoms with van der Waals surface area (Å²) in [5.41, 5.74) is 5.95. The monoisotopic (exact) mass is 546 g/mol. The summed E-state index contributed by atoms with van der Waals surface area (Å²) in [6, 6.07) is 13.1. The van der Waals surface area contributed by atoms with Gasteiger partial charge in [0.2, 0.25) is 11.9 Å². The lowest BCUT2D eigenvalue weighted by Crippen LogP contribution is -2.31. The second-order valence-electron chi connectivity index (χ2n) is 10.3. The van der Waals surface area contributed by atoms with Crippen LogP contribution < -0.4 is 20.9 Å². The molecule has 39 heavy (non-hydrogen) atoms. The largest absolute Gasteiger partial charge is 0.394 e. The summed E-state index contributed by atoms with van der Waals surface area (Å²) in [4.78, 5) is 24.3. The van der Waals surface area contributed by atoms with Crippen molar-refractivity contribution in [2.75, 3.05) is 36.5 Å². The summed E-state index contributed by atoms with van der Waals surface area (Å²) in [5, 5.41) is 20.1. The minimum Gasteiger partial charge on any atom is -0.394 e. The highest BCUT2D eigenvalue weighted by atomic mass is 35.5. The summed E-state index contributed by atoms with van der Waals surface area (Å²) in [6.07, 6.45) is 6.54. The van der Waals surface area contributed by atoms with Crippen molar-refractivity contribution in [3.05, 3.63) is 87.7 Å². The number of aliphatic hydroxyl groups excluding tert-OH is 1. The Hall–Kier alpha value is -3.46. The zero-order valence-electron chi connectivity index (χ0n) is 22.4. The van der Waals surface area contributed by atoms with Crippen molar-refractivity contribution in [3.63, 3.8) is 0 Å². The molecular weight excluding hydrogens is 512 g/mol. The lowest BCUT2D eigenvalue weighted by molar-refractivity contribution is -0.118. The molecule has 2 aliphatic heterocycles. The molecule has 204 valence electrons. The van der Waals surface area contributed by atoms with Crippen molar-refractivity contribution in [2.45, 2.75) is 45.1 Å².